The van der Waals surface area contributed by atoms with E-state index in [2.05, 4.69) is 47.4 Å². The number of aryl methyl sites for hydroxylation is 1. The monoisotopic (exact) mass is 471 g/mol. The molecule has 0 aliphatic heterocycles. The minimum absolute atomic E-state index is 0.106. The molecule has 0 saturated carbocycles. The Morgan fingerprint density at radius 1 is 0.882 bits per heavy atom. The lowest BCUT2D eigenvalue weighted by molar-refractivity contribution is -0.133. The van der Waals surface area contributed by atoms with Crippen molar-refractivity contribution in [1.29, 1.82) is 0 Å². The summed E-state index contributed by atoms with van der Waals surface area (Å²) in [4.78, 5) is 15.8. The average molecular weight is 472 g/mol. The number of hydrogen-bond donors (Lipinski definition) is 1. The number of nitrogens with zero attached hydrogens (tertiary/aromatic N) is 1. The minimum Gasteiger partial charge on any atom is -0.487 e. The quantitative estimate of drug-likeness (QED) is 0.224. The Labute approximate surface area is 205 Å². The van der Waals surface area contributed by atoms with Gasteiger partial charge in [0.15, 0.2) is 0 Å². The van der Waals surface area contributed by atoms with Crippen LogP contribution in [0.25, 0.3) is 10.9 Å². The molecule has 4 rings (SSSR count). The zero-order chi connectivity index (χ0) is 23.6. The second-order valence-corrected chi connectivity index (χ2v) is 9.47. The number of rotatable bonds is 12. The van der Waals surface area contributed by atoms with Crippen LogP contribution in [0.15, 0.2) is 91.0 Å². The number of carbonyl (C=O) groups is 1. The predicted molar refractivity (Wildman–Crippen MR) is 139 cm³/mol. The summed E-state index contributed by atoms with van der Waals surface area (Å²) in [5.74, 6) is 0.113. The number of aliphatic carboxylic acids is 1. The number of carboxylic acids is 1. The molecule has 1 unspecified atom stereocenters. The maximum atomic E-state index is 11.2. The minimum atomic E-state index is -0.776. The van der Waals surface area contributed by atoms with E-state index in [1.54, 1.807) is 0 Å². The Hall–Kier alpha value is -3.31. The van der Waals surface area contributed by atoms with E-state index >= 15 is 0 Å². The highest BCUT2D eigenvalue weighted by Crippen LogP contribution is 2.34. The van der Waals surface area contributed by atoms with Crippen molar-refractivity contribution in [2.24, 2.45) is 0 Å². The molecule has 0 aliphatic carbocycles. The average Bonchev–Trinajstić information content (AvgIpc) is 2.88. The largest absolute Gasteiger partial charge is 0.487 e. The van der Waals surface area contributed by atoms with Gasteiger partial charge in [0.2, 0.25) is 0 Å². The summed E-state index contributed by atoms with van der Waals surface area (Å²) >= 11 is 1.50. The molecule has 0 radical (unpaired) electrons. The molecule has 3 aromatic carbocycles. The smallest absolute Gasteiger partial charge is 0.313 e. The zero-order valence-electron chi connectivity index (χ0n) is 19.1. The number of benzene rings is 3. The summed E-state index contributed by atoms with van der Waals surface area (Å²) in [6.07, 6.45) is 4.14. The van der Waals surface area contributed by atoms with Crippen molar-refractivity contribution in [2.45, 2.75) is 37.5 Å². The number of pyridine rings is 1. The molecule has 1 N–H and O–H groups in total. The van der Waals surface area contributed by atoms with Crippen molar-refractivity contribution in [3.05, 3.63) is 108 Å². The van der Waals surface area contributed by atoms with Gasteiger partial charge in [-0.25, -0.2) is 4.98 Å². The van der Waals surface area contributed by atoms with Gasteiger partial charge in [0.05, 0.1) is 17.0 Å². The van der Waals surface area contributed by atoms with Crippen molar-refractivity contribution in [2.75, 3.05) is 5.75 Å². The molecular formula is C29H29NO3S. The molecule has 174 valence electrons. The fourth-order valence-corrected chi connectivity index (χ4v) is 4.97. The molecular weight excluding hydrogens is 442 g/mol. The van der Waals surface area contributed by atoms with E-state index in [0.29, 0.717) is 6.61 Å². The van der Waals surface area contributed by atoms with Crippen molar-refractivity contribution >= 4 is 28.6 Å². The van der Waals surface area contributed by atoms with Gasteiger partial charge in [-0.3, -0.25) is 4.79 Å². The van der Waals surface area contributed by atoms with Crippen molar-refractivity contribution in [3.8, 4) is 5.75 Å². The van der Waals surface area contributed by atoms with Crippen LogP contribution in [0.4, 0.5) is 0 Å². The Morgan fingerprint density at radius 2 is 1.65 bits per heavy atom. The number of carboxylic acid groups (broad SMARTS) is 1. The summed E-state index contributed by atoms with van der Waals surface area (Å²) < 4.78 is 5.96. The molecule has 0 aliphatic rings. The third-order valence-electron chi connectivity index (χ3n) is 5.73. The lowest BCUT2D eigenvalue weighted by atomic mass is 10.0. The van der Waals surface area contributed by atoms with Crippen LogP contribution in [0, 0.1) is 0 Å². The van der Waals surface area contributed by atoms with Gasteiger partial charge in [-0.05, 0) is 54.7 Å². The first-order valence-electron chi connectivity index (χ1n) is 11.6. The van der Waals surface area contributed by atoms with Gasteiger partial charge in [-0.2, -0.15) is 0 Å². The summed E-state index contributed by atoms with van der Waals surface area (Å²) in [6, 6.07) is 30.6. The maximum absolute atomic E-state index is 11.2. The standard InChI is InChI=1S/C29H29NO3S/c31-29(32)21-34-28(13-7-4-10-22-8-2-1-3-9-22)24-15-18-26(19-16-24)33-20-25-17-14-23-11-5-6-12-27(23)30-25/h1-3,5-6,8-9,11-12,14-19,28H,4,7,10,13,20-21H2,(H,31,32). The van der Waals surface area contributed by atoms with E-state index in [0.717, 1.165) is 53.6 Å². The van der Waals surface area contributed by atoms with E-state index in [1.807, 2.05) is 48.5 Å². The Bertz CT molecular complexity index is 1190. The SMILES string of the molecule is O=C(O)CSC(CCCCc1ccccc1)c1ccc(OCc2ccc3ccccc3n2)cc1. The molecule has 34 heavy (non-hydrogen) atoms. The molecule has 0 spiro atoms. The highest BCUT2D eigenvalue weighted by atomic mass is 32.2. The molecule has 4 nitrogen and oxygen atoms in total. The van der Waals surface area contributed by atoms with Gasteiger partial charge in [0.25, 0.3) is 0 Å². The lowest BCUT2D eigenvalue weighted by Gasteiger charge is -2.17. The highest BCUT2D eigenvalue weighted by Gasteiger charge is 2.14. The number of unbranched alkanes of at least 4 members (excludes halogenated alkanes) is 1. The van der Waals surface area contributed by atoms with Gasteiger partial charge in [-0.15, -0.1) is 11.8 Å². The number of fused-ring (bicyclic) bond motifs is 1. The van der Waals surface area contributed by atoms with Crippen molar-refractivity contribution in [3.63, 3.8) is 0 Å². The molecule has 5 heteroatoms. The van der Waals surface area contributed by atoms with Crippen LogP contribution < -0.4 is 4.74 Å². The predicted octanol–water partition coefficient (Wildman–Crippen LogP) is 7.09. The molecule has 1 heterocycles. The molecule has 0 bridgehead atoms. The molecule has 1 aromatic heterocycles. The molecule has 0 saturated heterocycles. The van der Waals surface area contributed by atoms with Crippen LogP contribution >= 0.6 is 11.8 Å². The molecule has 4 aromatic rings. The van der Waals surface area contributed by atoms with E-state index < -0.39 is 5.97 Å². The van der Waals surface area contributed by atoms with Crippen molar-refractivity contribution < 1.29 is 14.6 Å². The Kier molecular flexibility index (Phi) is 8.58. The topological polar surface area (TPSA) is 59.4 Å². The third kappa shape index (κ3) is 7.09. The molecule has 1 atom stereocenters. The maximum Gasteiger partial charge on any atom is 0.313 e. The van der Waals surface area contributed by atoms with Crippen LogP contribution in [-0.2, 0) is 17.8 Å². The third-order valence-corrected chi connectivity index (χ3v) is 7.05. The number of para-hydroxylation sites is 1. The second-order valence-electron chi connectivity index (χ2n) is 8.28. The highest BCUT2D eigenvalue weighted by molar-refractivity contribution is 8.00. The molecule has 0 fully saturated rings. The van der Waals surface area contributed by atoms with Crippen LogP contribution in [0.3, 0.4) is 0 Å². The first-order chi connectivity index (χ1) is 16.7. The van der Waals surface area contributed by atoms with Crippen molar-refractivity contribution in [1.82, 2.24) is 4.98 Å². The summed E-state index contributed by atoms with van der Waals surface area (Å²) in [7, 11) is 0. The first kappa shape index (κ1) is 23.8. The fourth-order valence-electron chi connectivity index (χ4n) is 3.95. The van der Waals surface area contributed by atoms with E-state index in [9.17, 15) is 9.90 Å². The van der Waals surface area contributed by atoms with Gasteiger partial charge in [-0.1, -0.05) is 73.2 Å². The first-order valence-corrected chi connectivity index (χ1v) is 12.7. The molecule has 0 amide bonds. The van der Waals surface area contributed by atoms with Gasteiger partial charge >= 0.3 is 5.97 Å². The fraction of sp³-hybridized carbons (Fsp3) is 0.241. The zero-order valence-corrected chi connectivity index (χ0v) is 19.9. The lowest BCUT2D eigenvalue weighted by Crippen LogP contribution is -2.03. The van der Waals surface area contributed by atoms with Gasteiger partial charge < -0.3 is 9.84 Å². The second kappa shape index (κ2) is 12.2. The summed E-state index contributed by atoms with van der Waals surface area (Å²) in [5, 5.41) is 10.4. The Balaban J connectivity index is 1.32. The van der Waals surface area contributed by atoms with E-state index in [4.69, 9.17) is 4.74 Å². The van der Waals surface area contributed by atoms with Crippen LogP contribution in [-0.4, -0.2) is 21.8 Å². The van der Waals surface area contributed by atoms with E-state index in [1.165, 1.54) is 17.3 Å². The summed E-state index contributed by atoms with van der Waals surface area (Å²) in [5.41, 5.74) is 4.34. The van der Waals surface area contributed by atoms with Gasteiger partial charge in [0, 0.05) is 10.6 Å². The number of hydrogen-bond acceptors (Lipinski definition) is 4. The van der Waals surface area contributed by atoms with E-state index in [-0.39, 0.29) is 11.0 Å². The normalized spacial score (nSPS) is 11.9. The number of thioether (sulfide) groups is 1. The van der Waals surface area contributed by atoms with Crippen LogP contribution in [0.5, 0.6) is 5.75 Å². The number of aromatic nitrogens is 1. The number of ether oxygens (including phenoxy) is 1. The summed E-state index contributed by atoms with van der Waals surface area (Å²) in [6.45, 7) is 0.404. The Morgan fingerprint density at radius 3 is 2.44 bits per heavy atom. The van der Waals surface area contributed by atoms with Crippen LogP contribution in [0.2, 0.25) is 0 Å². The van der Waals surface area contributed by atoms with Crippen LogP contribution in [0.1, 0.15) is 41.3 Å². The van der Waals surface area contributed by atoms with Gasteiger partial charge in [0.1, 0.15) is 12.4 Å².